The lowest BCUT2D eigenvalue weighted by molar-refractivity contribution is -0.116. The number of rotatable bonds is 6. The van der Waals surface area contributed by atoms with E-state index >= 15 is 0 Å². The van der Waals surface area contributed by atoms with Gasteiger partial charge in [-0.15, -0.1) is 0 Å². The maximum absolute atomic E-state index is 12.5. The zero-order valence-corrected chi connectivity index (χ0v) is 17.9. The smallest absolute Gasteiger partial charge is 0.244 e. The zero-order valence-electron chi connectivity index (χ0n) is 17.9. The Labute approximate surface area is 182 Å². The van der Waals surface area contributed by atoms with Gasteiger partial charge in [-0.3, -0.25) is 9.20 Å². The first-order valence-electron chi connectivity index (χ1n) is 10.2. The van der Waals surface area contributed by atoms with Gasteiger partial charge in [0.2, 0.25) is 5.91 Å². The number of ether oxygens (including phenoxy) is 1. The lowest BCUT2D eigenvalue weighted by atomic mass is 10.1. The van der Waals surface area contributed by atoms with Crippen LogP contribution in [0.25, 0.3) is 23.0 Å². The molecule has 0 fully saturated rings. The molecule has 0 saturated carbocycles. The fraction of sp³-hybridized carbons (Fsp3) is 0.154. The van der Waals surface area contributed by atoms with Crippen LogP contribution in [-0.4, -0.2) is 22.4 Å². The standard InChI is InChI=1S/C26H25N3O2/c1-18-4-8-21(9-5-18)26-23(29-15-14-19(2)16-24(29)28-26)12-13-25(30)27-17-20-6-10-22(31-3)11-7-20/h4-16H,17H2,1-3H3,(H,27,30)/b13-12+. The maximum Gasteiger partial charge on any atom is 0.244 e. The van der Waals surface area contributed by atoms with Crippen LogP contribution in [0.15, 0.2) is 72.9 Å². The van der Waals surface area contributed by atoms with Crippen molar-refractivity contribution in [3.8, 4) is 17.0 Å². The van der Waals surface area contributed by atoms with Gasteiger partial charge in [0.1, 0.15) is 11.4 Å². The Kier molecular flexibility index (Phi) is 5.85. The number of amides is 1. The van der Waals surface area contributed by atoms with Crippen LogP contribution in [0.2, 0.25) is 0 Å². The minimum atomic E-state index is -0.160. The van der Waals surface area contributed by atoms with Crippen LogP contribution in [0.4, 0.5) is 0 Å². The number of aromatic nitrogens is 2. The molecule has 0 unspecified atom stereocenters. The van der Waals surface area contributed by atoms with Crippen LogP contribution < -0.4 is 10.1 Å². The van der Waals surface area contributed by atoms with Crippen molar-refractivity contribution < 1.29 is 9.53 Å². The van der Waals surface area contributed by atoms with Gasteiger partial charge in [0.15, 0.2) is 0 Å². The summed E-state index contributed by atoms with van der Waals surface area (Å²) in [5.41, 5.74) is 6.94. The molecule has 4 aromatic rings. The molecule has 1 N–H and O–H groups in total. The van der Waals surface area contributed by atoms with Crippen molar-refractivity contribution in [2.24, 2.45) is 0 Å². The number of hydrogen-bond acceptors (Lipinski definition) is 3. The summed E-state index contributed by atoms with van der Waals surface area (Å²) in [5.74, 6) is 0.634. The normalized spacial score (nSPS) is 11.2. The van der Waals surface area contributed by atoms with Crippen LogP contribution >= 0.6 is 0 Å². The number of hydrogen-bond donors (Lipinski definition) is 1. The van der Waals surface area contributed by atoms with Crippen molar-refractivity contribution in [1.82, 2.24) is 14.7 Å². The minimum absolute atomic E-state index is 0.160. The van der Waals surface area contributed by atoms with E-state index in [4.69, 9.17) is 9.72 Å². The van der Waals surface area contributed by atoms with Crippen LogP contribution in [0.3, 0.4) is 0 Å². The molecule has 0 aliphatic rings. The molecule has 0 aliphatic carbocycles. The van der Waals surface area contributed by atoms with E-state index in [2.05, 4.69) is 36.5 Å². The van der Waals surface area contributed by atoms with Crippen LogP contribution in [0, 0.1) is 13.8 Å². The average Bonchev–Trinajstić information content (AvgIpc) is 3.14. The predicted molar refractivity (Wildman–Crippen MR) is 124 cm³/mol. The number of nitrogens with zero attached hydrogens (tertiary/aromatic N) is 2. The van der Waals surface area contributed by atoms with E-state index in [0.717, 1.165) is 39.5 Å². The van der Waals surface area contributed by atoms with Gasteiger partial charge < -0.3 is 10.1 Å². The molecular formula is C26H25N3O2. The maximum atomic E-state index is 12.5. The highest BCUT2D eigenvalue weighted by atomic mass is 16.5. The molecule has 2 heterocycles. The lowest BCUT2D eigenvalue weighted by Crippen LogP contribution is -2.20. The first kappa shape index (κ1) is 20.4. The molecule has 0 radical (unpaired) electrons. The van der Waals surface area contributed by atoms with E-state index in [-0.39, 0.29) is 5.91 Å². The first-order chi connectivity index (χ1) is 15.0. The molecule has 2 aromatic carbocycles. The Bertz CT molecular complexity index is 1240. The van der Waals surface area contributed by atoms with E-state index in [1.54, 1.807) is 13.2 Å². The van der Waals surface area contributed by atoms with Crippen molar-refractivity contribution in [2.45, 2.75) is 20.4 Å². The van der Waals surface area contributed by atoms with Gasteiger partial charge in [0, 0.05) is 24.4 Å². The van der Waals surface area contributed by atoms with Gasteiger partial charge in [0.05, 0.1) is 18.5 Å². The number of aryl methyl sites for hydroxylation is 2. The zero-order chi connectivity index (χ0) is 21.8. The SMILES string of the molecule is COc1ccc(CNC(=O)/C=C/c2c(-c3ccc(C)cc3)nc3cc(C)ccn23)cc1. The fourth-order valence-corrected chi connectivity index (χ4v) is 3.39. The van der Waals surface area contributed by atoms with E-state index in [1.807, 2.05) is 60.0 Å². The minimum Gasteiger partial charge on any atom is -0.497 e. The number of fused-ring (bicyclic) bond motifs is 1. The Balaban J connectivity index is 1.58. The van der Waals surface area contributed by atoms with E-state index < -0.39 is 0 Å². The van der Waals surface area contributed by atoms with Gasteiger partial charge in [-0.1, -0.05) is 42.0 Å². The van der Waals surface area contributed by atoms with Gasteiger partial charge in [-0.25, -0.2) is 4.98 Å². The molecule has 4 rings (SSSR count). The van der Waals surface area contributed by atoms with Crippen molar-refractivity contribution >= 4 is 17.6 Å². The molecule has 0 atom stereocenters. The quantitative estimate of drug-likeness (QED) is 0.457. The number of methoxy groups -OCH3 is 1. The van der Waals surface area contributed by atoms with E-state index in [1.165, 1.54) is 5.56 Å². The third-order valence-electron chi connectivity index (χ3n) is 5.16. The summed E-state index contributed by atoms with van der Waals surface area (Å²) in [6, 6.07) is 20.0. The summed E-state index contributed by atoms with van der Waals surface area (Å²) >= 11 is 0. The van der Waals surface area contributed by atoms with Crippen molar-refractivity contribution in [2.75, 3.05) is 7.11 Å². The highest BCUT2D eigenvalue weighted by Crippen LogP contribution is 2.26. The molecule has 5 heteroatoms. The lowest BCUT2D eigenvalue weighted by Gasteiger charge is -2.05. The highest BCUT2D eigenvalue weighted by molar-refractivity contribution is 5.92. The van der Waals surface area contributed by atoms with Crippen LogP contribution in [0.5, 0.6) is 5.75 Å². The Hall–Kier alpha value is -3.86. The predicted octanol–water partition coefficient (Wildman–Crippen LogP) is 4.96. The third kappa shape index (κ3) is 4.67. The molecule has 0 aliphatic heterocycles. The Morgan fingerprint density at radius 3 is 2.48 bits per heavy atom. The number of imidazole rings is 1. The molecule has 2 aromatic heterocycles. The van der Waals surface area contributed by atoms with Gasteiger partial charge >= 0.3 is 0 Å². The second kappa shape index (κ2) is 8.88. The summed E-state index contributed by atoms with van der Waals surface area (Å²) in [5, 5.41) is 2.93. The first-order valence-corrected chi connectivity index (χ1v) is 10.2. The second-order valence-corrected chi connectivity index (χ2v) is 7.54. The number of carbonyl (C=O) groups is 1. The number of carbonyl (C=O) groups excluding carboxylic acids is 1. The van der Waals surface area contributed by atoms with Crippen LogP contribution in [-0.2, 0) is 11.3 Å². The Morgan fingerprint density at radius 2 is 1.77 bits per heavy atom. The average molecular weight is 412 g/mol. The Morgan fingerprint density at radius 1 is 1.03 bits per heavy atom. The molecular weight excluding hydrogens is 386 g/mol. The number of nitrogens with one attached hydrogen (secondary N) is 1. The highest BCUT2D eigenvalue weighted by Gasteiger charge is 2.12. The molecule has 0 spiro atoms. The summed E-state index contributed by atoms with van der Waals surface area (Å²) in [7, 11) is 1.63. The van der Waals surface area contributed by atoms with E-state index in [9.17, 15) is 4.79 Å². The van der Waals surface area contributed by atoms with Gasteiger partial charge in [-0.2, -0.15) is 0 Å². The number of benzene rings is 2. The molecule has 0 bridgehead atoms. The van der Waals surface area contributed by atoms with Crippen LogP contribution in [0.1, 0.15) is 22.4 Å². The fourth-order valence-electron chi connectivity index (χ4n) is 3.39. The number of pyridine rings is 1. The molecule has 0 saturated heterocycles. The molecule has 5 nitrogen and oxygen atoms in total. The van der Waals surface area contributed by atoms with Gasteiger partial charge in [-0.05, 0) is 55.3 Å². The monoisotopic (exact) mass is 411 g/mol. The molecule has 156 valence electrons. The molecule has 31 heavy (non-hydrogen) atoms. The summed E-state index contributed by atoms with van der Waals surface area (Å²) < 4.78 is 7.17. The van der Waals surface area contributed by atoms with Crippen molar-refractivity contribution in [1.29, 1.82) is 0 Å². The van der Waals surface area contributed by atoms with Crippen molar-refractivity contribution in [3.63, 3.8) is 0 Å². The van der Waals surface area contributed by atoms with E-state index in [0.29, 0.717) is 6.54 Å². The van der Waals surface area contributed by atoms with Crippen molar-refractivity contribution in [3.05, 3.63) is 95.3 Å². The summed E-state index contributed by atoms with van der Waals surface area (Å²) in [6.07, 6.45) is 5.38. The summed E-state index contributed by atoms with van der Waals surface area (Å²) in [4.78, 5) is 17.3. The van der Waals surface area contributed by atoms with Gasteiger partial charge in [0.25, 0.3) is 0 Å². The third-order valence-corrected chi connectivity index (χ3v) is 5.16. The topological polar surface area (TPSA) is 55.6 Å². The second-order valence-electron chi connectivity index (χ2n) is 7.54. The molecule has 1 amide bonds. The summed E-state index contributed by atoms with van der Waals surface area (Å²) in [6.45, 7) is 4.55. The largest absolute Gasteiger partial charge is 0.497 e.